The molecular formula is C40H64N2Ni. The van der Waals surface area contributed by atoms with Gasteiger partial charge in [-0.25, -0.2) is 0 Å². The second kappa shape index (κ2) is 26.7. The largest absolute Gasteiger partial charge is 0.252 e. The van der Waals surface area contributed by atoms with E-state index in [2.05, 4.69) is 76.2 Å². The van der Waals surface area contributed by atoms with Crippen LogP contribution < -0.4 is 0 Å². The fourth-order valence-corrected chi connectivity index (χ4v) is 5.60. The third-order valence-electron chi connectivity index (χ3n) is 8.41. The molecule has 0 N–H and O–H groups in total. The maximum atomic E-state index is 5.25. The Hall–Kier alpha value is -1.73. The summed E-state index contributed by atoms with van der Waals surface area (Å²) >= 11 is 0. The van der Waals surface area contributed by atoms with Gasteiger partial charge in [0.15, 0.2) is 0 Å². The summed E-state index contributed by atoms with van der Waals surface area (Å²) in [6.45, 7) is 9.13. The van der Waals surface area contributed by atoms with E-state index < -0.39 is 0 Å². The molecule has 2 rings (SSSR count). The van der Waals surface area contributed by atoms with Gasteiger partial charge in [0.1, 0.15) is 0 Å². The smallest absolute Gasteiger partial charge is 0.0633 e. The van der Waals surface area contributed by atoms with Crippen molar-refractivity contribution in [2.45, 2.75) is 169 Å². The predicted octanol–water partition coefficient (Wildman–Crippen LogP) is 13.5. The van der Waals surface area contributed by atoms with E-state index in [-0.39, 0.29) is 16.5 Å². The van der Waals surface area contributed by atoms with Gasteiger partial charge in [0.2, 0.25) is 0 Å². The van der Waals surface area contributed by atoms with Crippen molar-refractivity contribution in [3.63, 3.8) is 0 Å². The Kier molecular flexibility index (Phi) is 24.4. The zero-order valence-corrected chi connectivity index (χ0v) is 29.4. The molecule has 0 saturated carbocycles. The van der Waals surface area contributed by atoms with Crippen LogP contribution in [0.1, 0.15) is 167 Å². The van der Waals surface area contributed by atoms with E-state index in [4.69, 9.17) is 9.98 Å². The molecule has 2 aromatic rings. The van der Waals surface area contributed by atoms with Crippen LogP contribution in [0.5, 0.6) is 0 Å². The first-order valence-electron chi connectivity index (χ1n) is 18.0. The minimum Gasteiger partial charge on any atom is -0.252 e. The minimum atomic E-state index is 0. The van der Waals surface area contributed by atoms with Crippen LogP contribution in [0.2, 0.25) is 0 Å². The first kappa shape index (κ1) is 39.3. The molecule has 0 unspecified atom stereocenters. The molecule has 3 heteroatoms. The standard InChI is InChI=1S/C40H64N2.Ni/c1-5-9-13-16-18-20-23-35-27-31-37(32-28-35)41-39(25-12-8-4)40(26-22-15-11-7-3)42-38-33-29-36(30-34-38)24-21-19-17-14-10-6-2;/h27-34H,5-26H2,1-4H3;. The number of nitrogens with zero attached hydrogens (tertiary/aromatic N) is 2. The first-order valence-corrected chi connectivity index (χ1v) is 18.0. The summed E-state index contributed by atoms with van der Waals surface area (Å²) < 4.78 is 0. The van der Waals surface area contributed by atoms with Gasteiger partial charge >= 0.3 is 0 Å². The summed E-state index contributed by atoms with van der Waals surface area (Å²) in [6, 6.07) is 18.1. The van der Waals surface area contributed by atoms with Gasteiger partial charge in [-0.1, -0.05) is 142 Å². The van der Waals surface area contributed by atoms with Gasteiger partial charge in [0, 0.05) is 16.5 Å². The van der Waals surface area contributed by atoms with Crippen molar-refractivity contribution >= 4 is 22.8 Å². The monoisotopic (exact) mass is 630 g/mol. The molecule has 0 aromatic heterocycles. The van der Waals surface area contributed by atoms with Crippen LogP contribution in [0, 0.1) is 0 Å². The zero-order valence-electron chi connectivity index (χ0n) is 28.4. The molecule has 2 aromatic carbocycles. The van der Waals surface area contributed by atoms with E-state index in [0.717, 1.165) is 30.6 Å². The molecule has 0 radical (unpaired) electrons. The quantitative estimate of drug-likeness (QED) is 0.0592. The second-order valence-corrected chi connectivity index (χ2v) is 12.4. The molecule has 244 valence electrons. The van der Waals surface area contributed by atoms with E-state index in [1.54, 1.807) is 0 Å². The Balaban J connectivity index is 0.00000924. The number of rotatable bonds is 25. The summed E-state index contributed by atoms with van der Waals surface area (Å²) in [5, 5.41) is 0. The van der Waals surface area contributed by atoms with Crippen LogP contribution in [0.25, 0.3) is 0 Å². The number of unbranched alkanes of at least 4 members (excludes halogenated alkanes) is 14. The molecule has 2 nitrogen and oxygen atoms in total. The van der Waals surface area contributed by atoms with Gasteiger partial charge < -0.3 is 0 Å². The van der Waals surface area contributed by atoms with E-state index >= 15 is 0 Å². The fraction of sp³-hybridized carbons (Fsp3) is 0.650. The van der Waals surface area contributed by atoms with E-state index in [1.165, 1.54) is 145 Å². The van der Waals surface area contributed by atoms with Crippen molar-refractivity contribution in [2.75, 3.05) is 0 Å². The zero-order chi connectivity index (χ0) is 30.1. The Labute approximate surface area is 277 Å². The van der Waals surface area contributed by atoms with E-state index in [0.29, 0.717) is 0 Å². The van der Waals surface area contributed by atoms with Crippen LogP contribution in [-0.2, 0) is 29.3 Å². The molecule has 43 heavy (non-hydrogen) atoms. The summed E-state index contributed by atoms with van der Waals surface area (Å²) in [5.74, 6) is 0. The maximum Gasteiger partial charge on any atom is 0.0633 e. The van der Waals surface area contributed by atoms with Gasteiger partial charge in [0.25, 0.3) is 0 Å². The van der Waals surface area contributed by atoms with Crippen LogP contribution in [0.15, 0.2) is 58.5 Å². The molecule has 0 fully saturated rings. The third kappa shape index (κ3) is 18.6. The van der Waals surface area contributed by atoms with Crippen molar-refractivity contribution in [1.29, 1.82) is 0 Å². The topological polar surface area (TPSA) is 24.7 Å². The normalized spacial score (nSPS) is 12.0. The first-order chi connectivity index (χ1) is 20.7. The maximum absolute atomic E-state index is 5.25. The number of benzene rings is 2. The Bertz CT molecular complexity index is 975. The Morgan fingerprint density at radius 2 is 0.721 bits per heavy atom. The van der Waals surface area contributed by atoms with Crippen LogP contribution in [-0.4, -0.2) is 11.4 Å². The van der Waals surface area contributed by atoms with Crippen molar-refractivity contribution in [2.24, 2.45) is 9.98 Å². The van der Waals surface area contributed by atoms with Crippen molar-refractivity contribution in [3.05, 3.63) is 59.7 Å². The average molecular weight is 632 g/mol. The molecule has 0 amide bonds. The van der Waals surface area contributed by atoms with Crippen LogP contribution in [0.4, 0.5) is 11.4 Å². The second-order valence-electron chi connectivity index (χ2n) is 12.4. The summed E-state index contributed by atoms with van der Waals surface area (Å²) in [4.78, 5) is 10.5. The molecule has 0 atom stereocenters. The van der Waals surface area contributed by atoms with Crippen LogP contribution in [0.3, 0.4) is 0 Å². The number of aryl methyl sites for hydroxylation is 2. The van der Waals surface area contributed by atoms with Crippen molar-refractivity contribution in [3.8, 4) is 0 Å². The van der Waals surface area contributed by atoms with Gasteiger partial charge in [-0.3, -0.25) is 9.98 Å². The summed E-state index contributed by atoms with van der Waals surface area (Å²) in [7, 11) is 0. The molecule has 0 aliphatic heterocycles. The predicted molar refractivity (Wildman–Crippen MR) is 190 cm³/mol. The van der Waals surface area contributed by atoms with E-state index in [9.17, 15) is 0 Å². The summed E-state index contributed by atoms with van der Waals surface area (Å²) in [6.07, 6.45) is 27.9. The number of aliphatic imine (C=N–C) groups is 2. The Morgan fingerprint density at radius 1 is 0.395 bits per heavy atom. The fourth-order valence-electron chi connectivity index (χ4n) is 5.60. The van der Waals surface area contributed by atoms with Gasteiger partial charge in [-0.05, 0) is 86.8 Å². The van der Waals surface area contributed by atoms with Crippen molar-refractivity contribution in [1.82, 2.24) is 0 Å². The van der Waals surface area contributed by atoms with Crippen molar-refractivity contribution < 1.29 is 16.5 Å². The number of hydrogen-bond acceptors (Lipinski definition) is 2. The minimum absolute atomic E-state index is 0. The molecule has 0 aliphatic rings. The molecular weight excluding hydrogens is 567 g/mol. The molecule has 0 saturated heterocycles. The van der Waals surface area contributed by atoms with Crippen LogP contribution >= 0.6 is 0 Å². The number of hydrogen-bond donors (Lipinski definition) is 0. The van der Waals surface area contributed by atoms with E-state index in [1.807, 2.05) is 0 Å². The SMILES string of the molecule is CCCCCCCCc1ccc(N=C(CCCC)C(CCCCCC)=Nc2ccc(CCCCCCCC)cc2)cc1.[Ni]. The van der Waals surface area contributed by atoms with Gasteiger partial charge in [-0.2, -0.15) is 0 Å². The Morgan fingerprint density at radius 3 is 1.12 bits per heavy atom. The molecule has 0 spiro atoms. The molecule has 0 aliphatic carbocycles. The molecule has 0 bridgehead atoms. The third-order valence-corrected chi connectivity index (χ3v) is 8.41. The van der Waals surface area contributed by atoms with Gasteiger partial charge in [-0.15, -0.1) is 0 Å². The molecule has 0 heterocycles. The van der Waals surface area contributed by atoms with Gasteiger partial charge in [0.05, 0.1) is 22.8 Å². The average Bonchev–Trinajstić information content (AvgIpc) is 3.01. The summed E-state index contributed by atoms with van der Waals surface area (Å²) in [5.41, 5.74) is 7.41.